The second-order valence-electron chi connectivity index (χ2n) is 5.18. The molecule has 0 amide bonds. The van der Waals surface area contributed by atoms with Crippen molar-refractivity contribution in [2.24, 2.45) is 5.41 Å². The number of hydrogen-bond donors (Lipinski definition) is 1. The number of imidazole rings is 1. The molecule has 0 spiro atoms. The predicted octanol–water partition coefficient (Wildman–Crippen LogP) is 2.33. The van der Waals surface area contributed by atoms with Crippen molar-refractivity contribution in [2.75, 3.05) is 5.73 Å². The lowest BCUT2D eigenvalue weighted by Crippen LogP contribution is -2.08. The first kappa shape index (κ1) is 10.3. The summed E-state index contributed by atoms with van der Waals surface area (Å²) in [5, 5.41) is 0. The van der Waals surface area contributed by atoms with Crippen LogP contribution in [0.1, 0.15) is 19.8 Å². The highest BCUT2D eigenvalue weighted by molar-refractivity contribution is 5.72. The molecule has 2 aromatic rings. The quantitative estimate of drug-likeness (QED) is 0.877. The molecule has 2 aromatic heterocycles. The summed E-state index contributed by atoms with van der Waals surface area (Å²) >= 11 is 0. The third kappa shape index (κ3) is 1.90. The van der Waals surface area contributed by atoms with Crippen LogP contribution in [0.2, 0.25) is 0 Å². The number of nitrogens with zero attached hydrogens (tertiary/aromatic N) is 3. The van der Waals surface area contributed by atoms with E-state index in [0.717, 1.165) is 23.5 Å². The standard InChI is InChI=1S/C13H16N4/c1-13(3-4-13)8-17-9-16-7-12(17)10-6-15-5-2-11(10)14/h2,5-7,9H,3-4,8H2,1H3,(H2,14,15). The molecule has 1 aliphatic rings. The molecule has 0 radical (unpaired) electrons. The number of hydrogen-bond acceptors (Lipinski definition) is 3. The Kier molecular flexibility index (Phi) is 2.18. The van der Waals surface area contributed by atoms with Gasteiger partial charge < -0.3 is 10.3 Å². The van der Waals surface area contributed by atoms with Gasteiger partial charge in [0.1, 0.15) is 0 Å². The lowest BCUT2D eigenvalue weighted by molar-refractivity contribution is 0.467. The summed E-state index contributed by atoms with van der Waals surface area (Å²) < 4.78 is 2.18. The van der Waals surface area contributed by atoms with Gasteiger partial charge in [0.05, 0.1) is 18.2 Å². The maximum Gasteiger partial charge on any atom is 0.0951 e. The molecule has 2 N–H and O–H groups in total. The first-order chi connectivity index (χ1) is 8.18. The number of anilines is 1. The molecule has 0 aromatic carbocycles. The summed E-state index contributed by atoms with van der Waals surface area (Å²) in [5.74, 6) is 0. The summed E-state index contributed by atoms with van der Waals surface area (Å²) in [4.78, 5) is 8.36. The van der Waals surface area contributed by atoms with Crippen LogP contribution in [0, 0.1) is 5.41 Å². The zero-order valence-electron chi connectivity index (χ0n) is 9.93. The Labute approximate surface area is 101 Å². The number of rotatable bonds is 3. The van der Waals surface area contributed by atoms with E-state index in [1.807, 2.05) is 18.6 Å². The Balaban J connectivity index is 1.98. The summed E-state index contributed by atoms with van der Waals surface area (Å²) in [5.41, 5.74) is 9.21. The first-order valence-corrected chi connectivity index (χ1v) is 5.88. The summed E-state index contributed by atoms with van der Waals surface area (Å²) in [6.07, 6.45) is 9.85. The summed E-state index contributed by atoms with van der Waals surface area (Å²) in [6.45, 7) is 3.32. The van der Waals surface area contributed by atoms with Gasteiger partial charge >= 0.3 is 0 Å². The van der Waals surface area contributed by atoms with E-state index in [1.54, 1.807) is 12.4 Å². The van der Waals surface area contributed by atoms with Crippen LogP contribution in [-0.2, 0) is 6.54 Å². The Morgan fingerprint density at radius 1 is 1.35 bits per heavy atom. The molecule has 0 atom stereocenters. The molecule has 4 heteroatoms. The molecule has 2 heterocycles. The van der Waals surface area contributed by atoms with Crippen LogP contribution in [0.15, 0.2) is 31.0 Å². The highest BCUT2D eigenvalue weighted by Gasteiger charge is 2.37. The molecule has 0 unspecified atom stereocenters. The molecule has 1 saturated carbocycles. The van der Waals surface area contributed by atoms with Crippen molar-refractivity contribution in [2.45, 2.75) is 26.3 Å². The Bertz CT molecular complexity index is 540. The number of aromatic nitrogens is 3. The molecule has 3 rings (SSSR count). The second-order valence-corrected chi connectivity index (χ2v) is 5.18. The molecular weight excluding hydrogens is 212 g/mol. The van der Waals surface area contributed by atoms with Crippen LogP contribution < -0.4 is 5.73 Å². The van der Waals surface area contributed by atoms with Gasteiger partial charge in [0.2, 0.25) is 0 Å². The van der Waals surface area contributed by atoms with Crippen LogP contribution in [0.25, 0.3) is 11.3 Å². The largest absolute Gasteiger partial charge is 0.398 e. The molecule has 1 fully saturated rings. The average molecular weight is 228 g/mol. The Morgan fingerprint density at radius 3 is 2.88 bits per heavy atom. The molecule has 0 aliphatic heterocycles. The van der Waals surface area contributed by atoms with Crippen molar-refractivity contribution in [1.82, 2.24) is 14.5 Å². The molecule has 0 bridgehead atoms. The fraction of sp³-hybridized carbons (Fsp3) is 0.385. The van der Waals surface area contributed by atoms with Crippen molar-refractivity contribution >= 4 is 5.69 Å². The van der Waals surface area contributed by atoms with Gasteiger partial charge in [-0.1, -0.05) is 6.92 Å². The third-order valence-electron chi connectivity index (χ3n) is 3.50. The minimum Gasteiger partial charge on any atom is -0.398 e. The number of nitrogens with two attached hydrogens (primary N) is 1. The molecule has 1 aliphatic carbocycles. The van der Waals surface area contributed by atoms with E-state index in [2.05, 4.69) is 21.5 Å². The van der Waals surface area contributed by atoms with Crippen LogP contribution >= 0.6 is 0 Å². The van der Waals surface area contributed by atoms with E-state index in [0.29, 0.717) is 5.41 Å². The summed E-state index contributed by atoms with van der Waals surface area (Å²) in [7, 11) is 0. The smallest absolute Gasteiger partial charge is 0.0951 e. The van der Waals surface area contributed by atoms with Crippen LogP contribution in [0.3, 0.4) is 0 Å². The number of nitrogen functional groups attached to an aromatic ring is 1. The third-order valence-corrected chi connectivity index (χ3v) is 3.50. The highest BCUT2D eigenvalue weighted by atomic mass is 15.1. The molecule has 17 heavy (non-hydrogen) atoms. The SMILES string of the molecule is CC1(Cn2cncc2-c2cnccc2N)CC1. The minimum atomic E-state index is 0.451. The van der Waals surface area contributed by atoms with Crippen molar-refractivity contribution in [3.63, 3.8) is 0 Å². The van der Waals surface area contributed by atoms with Crippen molar-refractivity contribution < 1.29 is 0 Å². The van der Waals surface area contributed by atoms with Gasteiger partial charge in [-0.3, -0.25) is 4.98 Å². The fourth-order valence-corrected chi connectivity index (χ4v) is 2.07. The van der Waals surface area contributed by atoms with Crippen LogP contribution in [0.4, 0.5) is 5.69 Å². The normalized spacial score (nSPS) is 17.0. The van der Waals surface area contributed by atoms with Gasteiger partial charge in [-0.15, -0.1) is 0 Å². The molecule has 88 valence electrons. The molecule has 0 saturated heterocycles. The Hall–Kier alpha value is -1.84. The van der Waals surface area contributed by atoms with Gasteiger partial charge in [-0.2, -0.15) is 0 Å². The average Bonchev–Trinajstić information content (AvgIpc) is 2.87. The van der Waals surface area contributed by atoms with Crippen LogP contribution in [-0.4, -0.2) is 14.5 Å². The lowest BCUT2D eigenvalue weighted by atomic mass is 10.1. The lowest BCUT2D eigenvalue weighted by Gasteiger charge is -2.13. The maximum absolute atomic E-state index is 5.98. The van der Waals surface area contributed by atoms with E-state index in [-0.39, 0.29) is 0 Å². The van der Waals surface area contributed by atoms with E-state index in [1.165, 1.54) is 12.8 Å². The van der Waals surface area contributed by atoms with Crippen molar-refractivity contribution in [3.8, 4) is 11.3 Å². The monoisotopic (exact) mass is 228 g/mol. The molecule has 4 nitrogen and oxygen atoms in total. The Morgan fingerprint density at radius 2 is 2.18 bits per heavy atom. The highest BCUT2D eigenvalue weighted by Crippen LogP contribution is 2.47. The van der Waals surface area contributed by atoms with E-state index in [4.69, 9.17) is 5.73 Å². The zero-order chi connectivity index (χ0) is 11.9. The maximum atomic E-state index is 5.98. The molecular formula is C13H16N4. The predicted molar refractivity (Wildman–Crippen MR) is 67.2 cm³/mol. The zero-order valence-corrected chi connectivity index (χ0v) is 9.93. The first-order valence-electron chi connectivity index (χ1n) is 5.88. The van der Waals surface area contributed by atoms with E-state index >= 15 is 0 Å². The second kappa shape index (κ2) is 3.58. The van der Waals surface area contributed by atoms with E-state index < -0.39 is 0 Å². The number of pyridine rings is 1. The van der Waals surface area contributed by atoms with Gasteiger partial charge in [0.25, 0.3) is 0 Å². The topological polar surface area (TPSA) is 56.7 Å². The van der Waals surface area contributed by atoms with Gasteiger partial charge in [0, 0.05) is 30.2 Å². The van der Waals surface area contributed by atoms with Crippen molar-refractivity contribution in [1.29, 1.82) is 0 Å². The summed E-state index contributed by atoms with van der Waals surface area (Å²) in [6, 6.07) is 1.82. The van der Waals surface area contributed by atoms with Gasteiger partial charge in [0.15, 0.2) is 0 Å². The van der Waals surface area contributed by atoms with Gasteiger partial charge in [-0.05, 0) is 24.3 Å². The van der Waals surface area contributed by atoms with Crippen LogP contribution in [0.5, 0.6) is 0 Å². The van der Waals surface area contributed by atoms with E-state index in [9.17, 15) is 0 Å². The van der Waals surface area contributed by atoms with Crippen molar-refractivity contribution in [3.05, 3.63) is 31.0 Å². The fourth-order valence-electron chi connectivity index (χ4n) is 2.07. The van der Waals surface area contributed by atoms with Gasteiger partial charge in [-0.25, -0.2) is 4.98 Å². The minimum absolute atomic E-state index is 0.451.